The van der Waals surface area contributed by atoms with Crippen LogP contribution in [0.5, 0.6) is 0 Å². The number of aliphatic imine (C=N–C) groups is 1. The van der Waals surface area contributed by atoms with Gasteiger partial charge < -0.3 is 4.74 Å². The van der Waals surface area contributed by atoms with Crippen molar-refractivity contribution in [3.05, 3.63) is 70.8 Å². The van der Waals surface area contributed by atoms with Crippen molar-refractivity contribution in [2.45, 2.75) is 66.5 Å². The van der Waals surface area contributed by atoms with E-state index in [2.05, 4.69) is 50.0 Å². The standard InChI is InChI=1S/C26H35NO2/c1-18(2)24-13-11-22(12-14-24)15-21(6)16-27-25(19(3)4)26(28)29-17-23-9-7-20(5)8-10-23/h7-14,16,18-19,21,25H,15,17H2,1-6H3. The Labute approximate surface area is 176 Å². The number of hydrogen-bond acceptors (Lipinski definition) is 3. The average Bonchev–Trinajstić information content (AvgIpc) is 2.67. The molecule has 0 saturated carbocycles. The van der Waals surface area contributed by atoms with Crippen molar-refractivity contribution >= 4 is 12.2 Å². The Kier molecular flexibility index (Phi) is 8.63. The molecule has 29 heavy (non-hydrogen) atoms. The van der Waals surface area contributed by atoms with Crippen LogP contribution in [0.25, 0.3) is 0 Å². The molecule has 3 heteroatoms. The van der Waals surface area contributed by atoms with Gasteiger partial charge in [0.25, 0.3) is 0 Å². The normalized spacial score (nSPS) is 13.8. The van der Waals surface area contributed by atoms with Crippen molar-refractivity contribution < 1.29 is 9.53 Å². The van der Waals surface area contributed by atoms with Gasteiger partial charge >= 0.3 is 5.97 Å². The first-order valence-corrected chi connectivity index (χ1v) is 10.6. The first-order valence-electron chi connectivity index (χ1n) is 10.6. The van der Waals surface area contributed by atoms with Gasteiger partial charge in [-0.25, -0.2) is 4.79 Å². The summed E-state index contributed by atoms with van der Waals surface area (Å²) in [5, 5.41) is 0. The second-order valence-electron chi connectivity index (χ2n) is 8.66. The molecule has 3 nitrogen and oxygen atoms in total. The minimum absolute atomic E-state index is 0.0919. The van der Waals surface area contributed by atoms with E-state index in [-0.39, 0.29) is 24.4 Å². The van der Waals surface area contributed by atoms with E-state index in [9.17, 15) is 4.79 Å². The average molecular weight is 394 g/mol. The number of rotatable bonds is 9. The molecule has 0 amide bonds. The van der Waals surface area contributed by atoms with Crippen LogP contribution < -0.4 is 0 Å². The molecule has 0 aliphatic carbocycles. The number of benzene rings is 2. The van der Waals surface area contributed by atoms with Crippen LogP contribution in [0.4, 0.5) is 0 Å². The third-order valence-electron chi connectivity index (χ3n) is 5.08. The van der Waals surface area contributed by atoms with Crippen LogP contribution in [-0.4, -0.2) is 18.2 Å². The van der Waals surface area contributed by atoms with E-state index in [0.29, 0.717) is 5.92 Å². The molecule has 0 fully saturated rings. The molecular weight excluding hydrogens is 358 g/mol. The number of ether oxygens (including phenoxy) is 1. The van der Waals surface area contributed by atoms with E-state index in [1.54, 1.807) is 0 Å². The summed E-state index contributed by atoms with van der Waals surface area (Å²) in [6.45, 7) is 12.9. The number of carbonyl (C=O) groups excluding carboxylic acids is 1. The minimum Gasteiger partial charge on any atom is -0.459 e. The number of nitrogens with zero attached hydrogens (tertiary/aromatic N) is 1. The minimum atomic E-state index is -0.466. The highest BCUT2D eigenvalue weighted by molar-refractivity contribution is 5.78. The van der Waals surface area contributed by atoms with Crippen LogP contribution in [0.2, 0.25) is 0 Å². The maximum absolute atomic E-state index is 12.6. The zero-order valence-electron chi connectivity index (χ0n) is 18.7. The molecule has 0 aromatic heterocycles. The lowest BCUT2D eigenvalue weighted by Crippen LogP contribution is -2.27. The Morgan fingerprint density at radius 3 is 2.07 bits per heavy atom. The van der Waals surface area contributed by atoms with Crippen molar-refractivity contribution in [1.29, 1.82) is 0 Å². The summed E-state index contributed by atoms with van der Waals surface area (Å²) in [4.78, 5) is 17.2. The fourth-order valence-electron chi connectivity index (χ4n) is 3.13. The molecule has 2 unspecified atom stereocenters. The highest BCUT2D eigenvalue weighted by Gasteiger charge is 2.22. The summed E-state index contributed by atoms with van der Waals surface area (Å²) < 4.78 is 5.52. The van der Waals surface area contributed by atoms with Gasteiger partial charge in [0.1, 0.15) is 12.6 Å². The van der Waals surface area contributed by atoms with Gasteiger partial charge in [0.2, 0.25) is 0 Å². The topological polar surface area (TPSA) is 38.7 Å². The molecular formula is C26H35NO2. The van der Waals surface area contributed by atoms with Gasteiger partial charge in [0.05, 0.1) is 0 Å². The SMILES string of the molecule is Cc1ccc(COC(=O)C(N=CC(C)Cc2ccc(C(C)C)cc2)C(C)C)cc1. The van der Waals surface area contributed by atoms with E-state index >= 15 is 0 Å². The van der Waals surface area contributed by atoms with E-state index in [1.165, 1.54) is 16.7 Å². The Hall–Kier alpha value is -2.42. The second kappa shape index (κ2) is 10.9. The lowest BCUT2D eigenvalue weighted by Gasteiger charge is -2.16. The molecule has 156 valence electrons. The summed E-state index contributed by atoms with van der Waals surface area (Å²) in [6, 6.07) is 16.3. The predicted molar refractivity (Wildman–Crippen MR) is 121 cm³/mol. The third kappa shape index (κ3) is 7.49. The van der Waals surface area contributed by atoms with Crippen molar-refractivity contribution in [2.24, 2.45) is 16.8 Å². The largest absolute Gasteiger partial charge is 0.459 e. The van der Waals surface area contributed by atoms with Gasteiger partial charge in [-0.2, -0.15) is 0 Å². The van der Waals surface area contributed by atoms with E-state index in [4.69, 9.17) is 4.74 Å². The molecule has 2 rings (SSSR count). The molecule has 2 atom stereocenters. The van der Waals surface area contributed by atoms with Crippen molar-refractivity contribution in [1.82, 2.24) is 0 Å². The van der Waals surface area contributed by atoms with Gasteiger partial charge in [-0.1, -0.05) is 88.7 Å². The molecule has 2 aromatic rings. The summed E-state index contributed by atoms with van der Waals surface area (Å²) in [7, 11) is 0. The monoisotopic (exact) mass is 393 g/mol. The maximum Gasteiger partial charge on any atom is 0.331 e. The molecule has 0 aliphatic heterocycles. The summed E-state index contributed by atoms with van der Waals surface area (Å²) >= 11 is 0. The Morgan fingerprint density at radius 1 is 0.931 bits per heavy atom. The Bertz CT molecular complexity index is 788. The first kappa shape index (κ1) is 22.9. The van der Waals surface area contributed by atoms with Crippen LogP contribution in [0.1, 0.15) is 62.8 Å². The van der Waals surface area contributed by atoms with Gasteiger partial charge in [0.15, 0.2) is 0 Å². The summed E-state index contributed by atoms with van der Waals surface area (Å²) in [6.07, 6.45) is 2.82. The molecule has 0 bridgehead atoms. The number of aryl methyl sites for hydroxylation is 1. The van der Waals surface area contributed by atoms with E-state index in [0.717, 1.165) is 12.0 Å². The van der Waals surface area contributed by atoms with E-state index < -0.39 is 6.04 Å². The van der Waals surface area contributed by atoms with Crippen LogP contribution >= 0.6 is 0 Å². The number of carbonyl (C=O) groups is 1. The maximum atomic E-state index is 12.6. The highest BCUT2D eigenvalue weighted by Crippen LogP contribution is 2.17. The van der Waals surface area contributed by atoms with Crippen LogP contribution in [0, 0.1) is 18.8 Å². The first-order chi connectivity index (χ1) is 13.8. The van der Waals surface area contributed by atoms with Gasteiger partial charge in [-0.15, -0.1) is 0 Å². The molecule has 0 saturated heterocycles. The molecule has 0 radical (unpaired) electrons. The molecule has 0 heterocycles. The fraction of sp³-hybridized carbons (Fsp3) is 0.462. The smallest absolute Gasteiger partial charge is 0.331 e. The fourth-order valence-corrected chi connectivity index (χ4v) is 3.13. The van der Waals surface area contributed by atoms with E-state index in [1.807, 2.05) is 51.3 Å². The van der Waals surface area contributed by atoms with Gasteiger partial charge in [0, 0.05) is 6.21 Å². The Morgan fingerprint density at radius 2 is 1.52 bits per heavy atom. The second-order valence-corrected chi connectivity index (χ2v) is 8.66. The zero-order valence-corrected chi connectivity index (χ0v) is 18.7. The third-order valence-corrected chi connectivity index (χ3v) is 5.08. The summed E-state index contributed by atoms with van der Waals surface area (Å²) in [5.41, 5.74) is 4.83. The molecule has 0 N–H and O–H groups in total. The van der Waals surface area contributed by atoms with Gasteiger partial charge in [-0.05, 0) is 47.8 Å². The number of esters is 1. The summed E-state index contributed by atoms with van der Waals surface area (Å²) in [5.74, 6) is 0.631. The lowest BCUT2D eigenvalue weighted by molar-refractivity contribution is -0.147. The highest BCUT2D eigenvalue weighted by atomic mass is 16.5. The molecule has 0 spiro atoms. The lowest BCUT2D eigenvalue weighted by atomic mass is 9.97. The number of hydrogen-bond donors (Lipinski definition) is 0. The van der Waals surface area contributed by atoms with Crippen LogP contribution in [0.3, 0.4) is 0 Å². The quantitative estimate of drug-likeness (QED) is 0.379. The van der Waals surface area contributed by atoms with Crippen molar-refractivity contribution in [3.8, 4) is 0 Å². The van der Waals surface area contributed by atoms with Gasteiger partial charge in [-0.3, -0.25) is 4.99 Å². The Balaban J connectivity index is 1.92. The van der Waals surface area contributed by atoms with Crippen molar-refractivity contribution in [2.75, 3.05) is 0 Å². The predicted octanol–water partition coefficient (Wildman–Crippen LogP) is 6.14. The van der Waals surface area contributed by atoms with Crippen molar-refractivity contribution in [3.63, 3.8) is 0 Å². The van der Waals surface area contributed by atoms with Crippen LogP contribution in [-0.2, 0) is 22.6 Å². The molecule has 2 aromatic carbocycles. The molecule has 0 aliphatic rings. The zero-order chi connectivity index (χ0) is 21.4. The van der Waals surface area contributed by atoms with Crippen LogP contribution in [0.15, 0.2) is 53.5 Å².